The lowest BCUT2D eigenvalue weighted by atomic mass is 9.95. The van der Waals surface area contributed by atoms with Crippen LogP contribution in [0.1, 0.15) is 44.4 Å². The summed E-state index contributed by atoms with van der Waals surface area (Å²) in [4.78, 5) is 24.0. The van der Waals surface area contributed by atoms with Gasteiger partial charge in [-0.25, -0.2) is 9.18 Å². The van der Waals surface area contributed by atoms with Gasteiger partial charge in [-0.05, 0) is 48.7 Å². The van der Waals surface area contributed by atoms with Gasteiger partial charge in [0.05, 0.1) is 6.04 Å². The fraction of sp³-hybridized carbons (Fsp3) is 0.333. The van der Waals surface area contributed by atoms with Gasteiger partial charge in [-0.3, -0.25) is 4.79 Å². The minimum absolute atomic E-state index is 0.00799. The molecule has 0 saturated carbocycles. The second-order valence-corrected chi connectivity index (χ2v) is 6.83. The zero-order valence-electron chi connectivity index (χ0n) is 16.1. The highest BCUT2D eigenvalue weighted by Crippen LogP contribution is 2.27. The number of hydrogen-bond donors (Lipinski definition) is 3. The Morgan fingerprint density at radius 3 is 2.30 bits per heavy atom. The molecule has 1 unspecified atom stereocenters. The van der Waals surface area contributed by atoms with Crippen molar-refractivity contribution >= 4 is 23.3 Å². The van der Waals surface area contributed by atoms with E-state index >= 15 is 0 Å². The molecule has 6 heteroatoms. The zero-order valence-corrected chi connectivity index (χ0v) is 16.1. The van der Waals surface area contributed by atoms with Gasteiger partial charge in [0.2, 0.25) is 5.91 Å². The van der Waals surface area contributed by atoms with Crippen LogP contribution < -0.4 is 16.0 Å². The number of nitrogens with one attached hydrogen (secondary N) is 3. The maximum atomic E-state index is 14.4. The molecule has 0 aliphatic heterocycles. The van der Waals surface area contributed by atoms with Crippen molar-refractivity contribution in [2.24, 2.45) is 5.92 Å². The molecule has 144 valence electrons. The molecule has 3 N–H and O–H groups in total. The molecule has 0 radical (unpaired) electrons. The van der Waals surface area contributed by atoms with Gasteiger partial charge in [0.1, 0.15) is 5.82 Å². The molecular weight excluding hydrogens is 345 g/mol. The summed E-state index contributed by atoms with van der Waals surface area (Å²) in [5.41, 5.74) is 2.50. The molecule has 27 heavy (non-hydrogen) atoms. The van der Waals surface area contributed by atoms with Crippen molar-refractivity contribution in [1.82, 2.24) is 5.32 Å². The van der Waals surface area contributed by atoms with Crippen molar-refractivity contribution < 1.29 is 14.0 Å². The van der Waals surface area contributed by atoms with E-state index in [4.69, 9.17) is 0 Å². The number of rotatable bonds is 6. The molecule has 0 saturated heterocycles. The molecule has 2 rings (SSSR count). The Kier molecular flexibility index (Phi) is 6.93. The van der Waals surface area contributed by atoms with Gasteiger partial charge >= 0.3 is 6.03 Å². The summed E-state index contributed by atoms with van der Waals surface area (Å²) in [7, 11) is 0. The highest BCUT2D eigenvalue weighted by molar-refractivity contribution is 5.99. The monoisotopic (exact) mass is 371 g/mol. The lowest BCUT2D eigenvalue weighted by Gasteiger charge is -2.24. The van der Waals surface area contributed by atoms with Crippen LogP contribution in [0.15, 0.2) is 42.5 Å². The van der Waals surface area contributed by atoms with Gasteiger partial charge in [-0.15, -0.1) is 0 Å². The Bertz CT molecular complexity index is 821. The van der Waals surface area contributed by atoms with Crippen LogP contribution in [-0.4, -0.2) is 11.9 Å². The lowest BCUT2D eigenvalue weighted by Crippen LogP contribution is -2.32. The van der Waals surface area contributed by atoms with Crippen LogP contribution in [0.5, 0.6) is 0 Å². The second-order valence-electron chi connectivity index (χ2n) is 6.83. The van der Waals surface area contributed by atoms with Gasteiger partial charge in [-0.1, -0.05) is 32.9 Å². The summed E-state index contributed by atoms with van der Waals surface area (Å²) < 4.78 is 14.4. The number of halogens is 1. The SMILES string of the molecule is CCC(=O)NC(c1cc(NC(=O)Nc2cccc(C)c2)ccc1F)C(C)C. The van der Waals surface area contributed by atoms with E-state index in [1.807, 2.05) is 39.0 Å². The fourth-order valence-corrected chi connectivity index (χ4v) is 2.76. The van der Waals surface area contributed by atoms with E-state index < -0.39 is 17.9 Å². The molecule has 3 amide bonds. The number of carbonyl (C=O) groups excluding carboxylic acids is 2. The molecule has 0 heterocycles. The largest absolute Gasteiger partial charge is 0.349 e. The third-order valence-electron chi connectivity index (χ3n) is 4.17. The zero-order chi connectivity index (χ0) is 20.0. The first-order valence-electron chi connectivity index (χ1n) is 9.03. The van der Waals surface area contributed by atoms with Gasteiger partial charge in [0, 0.05) is 23.4 Å². The molecule has 0 fully saturated rings. The van der Waals surface area contributed by atoms with Crippen molar-refractivity contribution in [2.45, 2.75) is 40.2 Å². The first-order chi connectivity index (χ1) is 12.8. The highest BCUT2D eigenvalue weighted by atomic mass is 19.1. The Balaban J connectivity index is 2.17. The van der Waals surface area contributed by atoms with Gasteiger partial charge < -0.3 is 16.0 Å². The molecule has 0 aliphatic rings. The number of anilines is 2. The highest BCUT2D eigenvalue weighted by Gasteiger charge is 2.21. The van der Waals surface area contributed by atoms with Crippen LogP contribution in [0.3, 0.4) is 0 Å². The van der Waals surface area contributed by atoms with Crippen molar-refractivity contribution in [3.8, 4) is 0 Å². The molecule has 0 aromatic heterocycles. The molecule has 0 bridgehead atoms. The number of amides is 3. The first kappa shape index (κ1) is 20.4. The Morgan fingerprint density at radius 2 is 1.70 bits per heavy atom. The summed E-state index contributed by atoms with van der Waals surface area (Å²) in [6, 6.07) is 10.9. The summed E-state index contributed by atoms with van der Waals surface area (Å²) >= 11 is 0. The van der Waals surface area contributed by atoms with E-state index in [0.717, 1.165) is 5.56 Å². The first-order valence-corrected chi connectivity index (χ1v) is 9.03. The van der Waals surface area contributed by atoms with Gasteiger partial charge in [-0.2, -0.15) is 0 Å². The predicted octanol–water partition coefficient (Wildman–Crippen LogP) is 5.00. The quantitative estimate of drug-likeness (QED) is 0.669. The Hall–Kier alpha value is -2.89. The molecule has 2 aromatic rings. The maximum absolute atomic E-state index is 14.4. The average molecular weight is 371 g/mol. The summed E-state index contributed by atoms with van der Waals surface area (Å²) in [6.45, 7) is 7.50. The third-order valence-corrected chi connectivity index (χ3v) is 4.17. The van der Waals surface area contributed by atoms with Crippen LogP contribution in [-0.2, 0) is 4.79 Å². The van der Waals surface area contributed by atoms with E-state index in [-0.39, 0.29) is 11.8 Å². The van der Waals surface area contributed by atoms with E-state index in [9.17, 15) is 14.0 Å². The number of benzene rings is 2. The number of hydrogen-bond acceptors (Lipinski definition) is 2. The summed E-state index contributed by atoms with van der Waals surface area (Å²) in [6.07, 6.45) is 0.321. The third kappa shape index (κ3) is 5.81. The molecular formula is C21H26FN3O2. The maximum Gasteiger partial charge on any atom is 0.323 e. The summed E-state index contributed by atoms with van der Waals surface area (Å²) in [5, 5.41) is 8.30. The van der Waals surface area contributed by atoms with Gasteiger partial charge in [0.25, 0.3) is 0 Å². The van der Waals surface area contributed by atoms with Crippen LogP contribution in [0, 0.1) is 18.7 Å². The second kappa shape index (κ2) is 9.16. The molecule has 5 nitrogen and oxygen atoms in total. The van der Waals surface area contributed by atoms with Crippen molar-refractivity contribution in [3.63, 3.8) is 0 Å². The van der Waals surface area contributed by atoms with E-state index in [1.165, 1.54) is 12.1 Å². The van der Waals surface area contributed by atoms with Crippen molar-refractivity contribution in [3.05, 3.63) is 59.4 Å². The van der Waals surface area contributed by atoms with Crippen LogP contribution >= 0.6 is 0 Å². The van der Waals surface area contributed by atoms with Crippen LogP contribution in [0.4, 0.5) is 20.6 Å². The lowest BCUT2D eigenvalue weighted by molar-refractivity contribution is -0.121. The predicted molar refractivity (Wildman–Crippen MR) is 106 cm³/mol. The number of urea groups is 1. The van der Waals surface area contributed by atoms with E-state index in [1.54, 1.807) is 19.1 Å². The van der Waals surface area contributed by atoms with Crippen LogP contribution in [0.25, 0.3) is 0 Å². The minimum atomic E-state index is -0.473. The topological polar surface area (TPSA) is 70.2 Å². The van der Waals surface area contributed by atoms with E-state index in [0.29, 0.717) is 23.4 Å². The number of carbonyl (C=O) groups is 2. The number of aryl methyl sites for hydroxylation is 1. The Labute approximate surface area is 159 Å². The molecule has 0 spiro atoms. The van der Waals surface area contributed by atoms with Crippen molar-refractivity contribution in [1.29, 1.82) is 0 Å². The minimum Gasteiger partial charge on any atom is -0.349 e. The molecule has 0 aliphatic carbocycles. The molecule has 1 atom stereocenters. The van der Waals surface area contributed by atoms with Gasteiger partial charge in [0.15, 0.2) is 0 Å². The summed E-state index contributed by atoms with van der Waals surface area (Å²) in [5.74, 6) is -0.579. The van der Waals surface area contributed by atoms with Crippen LogP contribution in [0.2, 0.25) is 0 Å². The smallest absolute Gasteiger partial charge is 0.323 e. The van der Waals surface area contributed by atoms with Crippen molar-refractivity contribution in [2.75, 3.05) is 10.6 Å². The fourth-order valence-electron chi connectivity index (χ4n) is 2.76. The standard InChI is InChI=1S/C21H26FN3O2/c1-5-19(26)25-20(13(2)3)17-12-16(9-10-18(17)22)24-21(27)23-15-8-6-7-14(4)11-15/h6-13,20H,5H2,1-4H3,(H,25,26)(H2,23,24,27). The normalized spacial score (nSPS) is 11.8. The molecule has 2 aromatic carbocycles. The Morgan fingerprint density at radius 1 is 1.04 bits per heavy atom. The van der Waals surface area contributed by atoms with E-state index in [2.05, 4.69) is 16.0 Å². The average Bonchev–Trinajstić information content (AvgIpc) is 2.61.